The zero-order valence-corrected chi connectivity index (χ0v) is 12.0. The van der Waals surface area contributed by atoms with E-state index >= 15 is 0 Å². The summed E-state index contributed by atoms with van der Waals surface area (Å²) in [5.41, 5.74) is 0. The van der Waals surface area contributed by atoms with Crippen molar-refractivity contribution in [3.05, 3.63) is 24.8 Å². The molecular formula is C15H20N4O2. The molecule has 0 N–H and O–H groups in total. The van der Waals surface area contributed by atoms with Gasteiger partial charge < -0.3 is 9.80 Å². The van der Waals surface area contributed by atoms with Crippen molar-refractivity contribution >= 4 is 24.2 Å². The number of carbonyl (C=O) groups excluding carboxylic acids is 2. The van der Waals surface area contributed by atoms with Crippen LogP contribution in [0.25, 0.3) is 0 Å². The highest BCUT2D eigenvalue weighted by atomic mass is 16.2. The van der Waals surface area contributed by atoms with Crippen molar-refractivity contribution in [2.75, 3.05) is 13.1 Å². The third-order valence-electron chi connectivity index (χ3n) is 3.35. The number of unbranched alkanes of at least 4 members (excludes halogenated alkanes) is 2. The number of hydrogen-bond acceptors (Lipinski definition) is 4. The lowest BCUT2D eigenvalue weighted by atomic mass is 10.2. The Bertz CT molecular complexity index is 450. The van der Waals surface area contributed by atoms with Crippen molar-refractivity contribution in [1.29, 1.82) is 0 Å². The summed E-state index contributed by atoms with van der Waals surface area (Å²) in [6.07, 6.45) is 13.5. The Morgan fingerprint density at radius 1 is 0.810 bits per heavy atom. The van der Waals surface area contributed by atoms with E-state index in [4.69, 9.17) is 0 Å². The van der Waals surface area contributed by atoms with Crippen LogP contribution in [-0.2, 0) is 9.59 Å². The van der Waals surface area contributed by atoms with Crippen molar-refractivity contribution in [3.8, 4) is 0 Å². The van der Waals surface area contributed by atoms with Crippen LogP contribution in [-0.4, -0.2) is 47.1 Å². The number of hydrogen-bond donors (Lipinski definition) is 0. The molecule has 0 aromatic rings. The van der Waals surface area contributed by atoms with Crippen molar-refractivity contribution in [3.63, 3.8) is 0 Å². The molecule has 0 atom stereocenters. The Morgan fingerprint density at radius 2 is 1.29 bits per heavy atom. The maximum absolute atomic E-state index is 11.7. The number of rotatable bonds is 6. The first-order chi connectivity index (χ1) is 10.3. The molecule has 2 heterocycles. The molecule has 0 radical (unpaired) electrons. The quantitative estimate of drug-likeness (QED) is 0.698. The molecule has 21 heavy (non-hydrogen) atoms. The molecule has 2 amide bonds. The van der Waals surface area contributed by atoms with E-state index in [1.807, 2.05) is 0 Å². The van der Waals surface area contributed by atoms with E-state index in [1.165, 1.54) is 0 Å². The van der Waals surface area contributed by atoms with Gasteiger partial charge in [-0.15, -0.1) is 0 Å². The average Bonchev–Trinajstić information content (AvgIpc) is 2.80. The second kappa shape index (κ2) is 8.14. The van der Waals surface area contributed by atoms with Gasteiger partial charge in [-0.1, -0.05) is 0 Å². The molecule has 112 valence electrons. The first-order valence-electron chi connectivity index (χ1n) is 7.23. The molecular weight excluding hydrogens is 268 g/mol. The fourth-order valence-electron chi connectivity index (χ4n) is 2.16. The van der Waals surface area contributed by atoms with E-state index in [-0.39, 0.29) is 11.8 Å². The van der Waals surface area contributed by atoms with E-state index in [0.29, 0.717) is 25.9 Å². The van der Waals surface area contributed by atoms with Crippen molar-refractivity contribution in [1.82, 2.24) is 9.80 Å². The first-order valence-corrected chi connectivity index (χ1v) is 7.23. The largest absolute Gasteiger partial charge is 0.317 e. The molecule has 0 unspecified atom stereocenters. The van der Waals surface area contributed by atoms with Gasteiger partial charge in [0.05, 0.1) is 12.8 Å². The normalized spacial score (nSPS) is 18.3. The summed E-state index contributed by atoms with van der Waals surface area (Å²) in [5.74, 6) is 0.158. The zero-order chi connectivity index (χ0) is 14.9. The van der Waals surface area contributed by atoms with Crippen LogP contribution < -0.4 is 0 Å². The van der Waals surface area contributed by atoms with Crippen LogP contribution in [0.5, 0.6) is 0 Å². The Labute approximate surface area is 124 Å². The molecule has 6 nitrogen and oxygen atoms in total. The smallest absolute Gasteiger partial charge is 0.231 e. The summed E-state index contributed by atoms with van der Waals surface area (Å²) in [6, 6.07) is 0. The SMILES string of the molecule is O=C1CC=NC=CN1CCCCCN1C=CN=CCC1=O. The summed E-state index contributed by atoms with van der Waals surface area (Å²) < 4.78 is 0. The predicted octanol–water partition coefficient (Wildman–Crippen LogP) is 1.71. The summed E-state index contributed by atoms with van der Waals surface area (Å²) in [4.78, 5) is 34.8. The molecule has 0 fully saturated rings. The molecule has 0 aromatic carbocycles. The molecule has 0 spiro atoms. The van der Waals surface area contributed by atoms with E-state index in [0.717, 1.165) is 19.3 Å². The number of nitrogens with zero attached hydrogens (tertiary/aromatic N) is 4. The molecule has 0 saturated carbocycles. The highest BCUT2D eigenvalue weighted by Crippen LogP contribution is 2.07. The maximum atomic E-state index is 11.7. The number of amides is 2. The van der Waals surface area contributed by atoms with Gasteiger partial charge in [-0.05, 0) is 19.3 Å². The lowest BCUT2D eigenvalue weighted by molar-refractivity contribution is -0.127. The molecule has 0 saturated heterocycles. The van der Waals surface area contributed by atoms with Crippen molar-refractivity contribution in [2.24, 2.45) is 9.98 Å². The lowest BCUT2D eigenvalue weighted by Crippen LogP contribution is -2.27. The third-order valence-corrected chi connectivity index (χ3v) is 3.35. The first kappa shape index (κ1) is 15.2. The van der Waals surface area contributed by atoms with E-state index in [9.17, 15) is 9.59 Å². The highest BCUT2D eigenvalue weighted by Gasteiger charge is 2.12. The van der Waals surface area contributed by atoms with Crippen LogP contribution in [0.2, 0.25) is 0 Å². The molecule has 0 aromatic heterocycles. The molecule has 2 aliphatic heterocycles. The van der Waals surface area contributed by atoms with Crippen LogP contribution >= 0.6 is 0 Å². The third kappa shape index (κ3) is 4.98. The monoisotopic (exact) mass is 288 g/mol. The maximum Gasteiger partial charge on any atom is 0.231 e. The van der Waals surface area contributed by atoms with E-state index in [1.54, 1.807) is 47.0 Å². The zero-order valence-electron chi connectivity index (χ0n) is 12.0. The predicted molar refractivity (Wildman–Crippen MR) is 81.8 cm³/mol. The Kier molecular flexibility index (Phi) is 5.87. The second-order valence-electron chi connectivity index (χ2n) is 4.90. The Hall–Kier alpha value is -2.24. The van der Waals surface area contributed by atoms with Gasteiger partial charge in [-0.2, -0.15) is 0 Å². The lowest BCUT2D eigenvalue weighted by Gasteiger charge is -2.18. The Morgan fingerprint density at radius 3 is 1.76 bits per heavy atom. The molecule has 2 rings (SSSR count). The summed E-state index contributed by atoms with van der Waals surface area (Å²) in [7, 11) is 0. The highest BCUT2D eigenvalue weighted by molar-refractivity contribution is 5.91. The molecule has 0 bridgehead atoms. The van der Waals surface area contributed by atoms with Crippen LogP contribution in [0.3, 0.4) is 0 Å². The van der Waals surface area contributed by atoms with Crippen LogP contribution in [0.4, 0.5) is 0 Å². The summed E-state index contributed by atoms with van der Waals surface area (Å²) in [6.45, 7) is 1.40. The van der Waals surface area contributed by atoms with Crippen molar-refractivity contribution < 1.29 is 9.59 Å². The van der Waals surface area contributed by atoms with Crippen molar-refractivity contribution in [2.45, 2.75) is 32.1 Å². The minimum absolute atomic E-state index is 0.0790. The van der Waals surface area contributed by atoms with Gasteiger partial charge in [0.15, 0.2) is 0 Å². The topological polar surface area (TPSA) is 65.3 Å². The number of aliphatic imine (C=N–C) groups is 2. The second-order valence-corrected chi connectivity index (χ2v) is 4.90. The van der Waals surface area contributed by atoms with Gasteiger partial charge in [0, 0.05) is 50.3 Å². The molecule has 2 aliphatic rings. The van der Waals surface area contributed by atoms with Gasteiger partial charge in [-0.25, -0.2) is 0 Å². The molecule has 0 aliphatic carbocycles. The summed E-state index contributed by atoms with van der Waals surface area (Å²) in [5, 5.41) is 0. The fourth-order valence-corrected chi connectivity index (χ4v) is 2.16. The standard InChI is InChI=1S/C15H20N4O2/c20-14-4-6-16-8-12-18(14)10-2-1-3-11-19-13-9-17-7-5-15(19)21/h6-9,12-13H,1-5,10-11H2. The van der Waals surface area contributed by atoms with E-state index in [2.05, 4.69) is 9.98 Å². The minimum Gasteiger partial charge on any atom is -0.317 e. The number of carbonyl (C=O) groups is 2. The average molecular weight is 288 g/mol. The van der Waals surface area contributed by atoms with Crippen LogP contribution in [0, 0.1) is 0 Å². The van der Waals surface area contributed by atoms with Gasteiger partial charge in [0.2, 0.25) is 11.8 Å². The van der Waals surface area contributed by atoms with Gasteiger partial charge >= 0.3 is 0 Å². The molecule has 6 heteroatoms. The minimum atomic E-state index is 0.0790. The van der Waals surface area contributed by atoms with E-state index < -0.39 is 0 Å². The van der Waals surface area contributed by atoms with Gasteiger partial charge in [0.1, 0.15) is 0 Å². The fraction of sp³-hybridized carbons (Fsp3) is 0.467. The summed E-state index contributed by atoms with van der Waals surface area (Å²) >= 11 is 0. The van der Waals surface area contributed by atoms with Gasteiger partial charge in [-0.3, -0.25) is 19.6 Å². The van der Waals surface area contributed by atoms with Crippen LogP contribution in [0.15, 0.2) is 34.8 Å². The Balaban J connectivity index is 1.64. The van der Waals surface area contributed by atoms with Crippen LogP contribution in [0.1, 0.15) is 32.1 Å². The van der Waals surface area contributed by atoms with Gasteiger partial charge in [0.25, 0.3) is 0 Å².